The molecule has 0 fully saturated rings. The number of nitro groups is 1. The van der Waals surface area contributed by atoms with E-state index in [-0.39, 0.29) is 21.8 Å². The molecule has 0 aromatic heterocycles. The first-order chi connectivity index (χ1) is 16.8. The first-order valence-electron chi connectivity index (χ1n) is 11.2. The second-order valence-electron chi connectivity index (χ2n) is 9.12. The summed E-state index contributed by atoms with van der Waals surface area (Å²) in [5.74, 6) is -1.26. The van der Waals surface area contributed by atoms with Gasteiger partial charge in [-0.15, -0.1) is 0 Å². The minimum absolute atomic E-state index is 0.0290. The van der Waals surface area contributed by atoms with Gasteiger partial charge in [0.2, 0.25) is 0 Å². The zero-order valence-electron chi connectivity index (χ0n) is 20.8. The summed E-state index contributed by atoms with van der Waals surface area (Å²) in [7, 11) is 0. The fraction of sp³-hybridized carbons (Fsp3) is 0.400. The number of rotatable bonds is 10. The lowest BCUT2D eigenvalue weighted by Crippen LogP contribution is -2.44. The summed E-state index contributed by atoms with van der Waals surface area (Å²) >= 11 is 7.51. The van der Waals surface area contributed by atoms with Crippen molar-refractivity contribution in [3.05, 3.63) is 68.7 Å². The van der Waals surface area contributed by atoms with Crippen molar-refractivity contribution in [2.45, 2.75) is 51.7 Å². The van der Waals surface area contributed by atoms with E-state index in [1.165, 1.54) is 30.8 Å². The molecule has 0 aliphatic rings. The maximum atomic E-state index is 12.8. The van der Waals surface area contributed by atoms with E-state index < -0.39 is 34.9 Å². The third-order valence-electron chi connectivity index (χ3n) is 5.30. The Morgan fingerprint density at radius 1 is 1.14 bits per heavy atom. The molecule has 0 unspecified atom stereocenters. The number of esters is 1. The van der Waals surface area contributed by atoms with Crippen molar-refractivity contribution in [2.75, 3.05) is 17.3 Å². The average molecular weight is 536 g/mol. The van der Waals surface area contributed by atoms with Crippen molar-refractivity contribution in [3.8, 4) is 0 Å². The van der Waals surface area contributed by atoms with Gasteiger partial charge in [0, 0.05) is 17.7 Å². The molecule has 2 N–H and O–H groups in total. The second-order valence-corrected chi connectivity index (χ2v) is 10.5. The Morgan fingerprint density at radius 3 is 2.31 bits per heavy atom. The molecular weight excluding hydrogens is 506 g/mol. The van der Waals surface area contributed by atoms with Gasteiger partial charge < -0.3 is 15.4 Å². The molecule has 0 aliphatic carbocycles. The van der Waals surface area contributed by atoms with Crippen LogP contribution in [0.4, 0.5) is 11.4 Å². The number of hydrogen-bond donors (Lipinski definition) is 2. The molecule has 2 rings (SSSR count). The topological polar surface area (TPSA) is 128 Å². The number of carbonyl (C=O) groups excluding carboxylic acids is 3. The number of anilines is 1. The molecule has 9 nitrogen and oxygen atoms in total. The second kappa shape index (κ2) is 12.7. The Balaban J connectivity index is 2.05. The molecule has 0 saturated carbocycles. The number of benzene rings is 2. The Bertz CT molecular complexity index is 1120. The van der Waals surface area contributed by atoms with Gasteiger partial charge in [-0.25, -0.2) is 4.79 Å². The molecule has 2 atom stereocenters. The zero-order valence-corrected chi connectivity index (χ0v) is 22.4. The van der Waals surface area contributed by atoms with Crippen LogP contribution in [-0.2, 0) is 19.7 Å². The minimum atomic E-state index is -1.21. The Labute approximate surface area is 219 Å². The summed E-state index contributed by atoms with van der Waals surface area (Å²) in [6.07, 6.45) is 0.983. The summed E-state index contributed by atoms with van der Waals surface area (Å²) in [5, 5.41) is 16.0. The molecular formula is C25H30ClN3O6S. The third kappa shape index (κ3) is 8.23. The fourth-order valence-electron chi connectivity index (χ4n) is 3.11. The van der Waals surface area contributed by atoms with Gasteiger partial charge in [-0.3, -0.25) is 19.7 Å². The Hall–Kier alpha value is -3.11. The SMILES string of the molecule is CSCC[C@H](NC(=O)c1ccc(C(C)(C)C)cc1)C(=O)O[C@H](C)C(=O)Nc1ccc([N+](=O)[O-])cc1Cl. The van der Waals surface area contributed by atoms with Crippen LogP contribution in [0.1, 0.15) is 50.0 Å². The molecule has 2 aromatic rings. The number of nitro benzene ring substituents is 1. The van der Waals surface area contributed by atoms with Crippen molar-refractivity contribution in [3.63, 3.8) is 0 Å². The monoisotopic (exact) mass is 535 g/mol. The Morgan fingerprint density at radius 2 is 1.78 bits per heavy atom. The molecule has 11 heteroatoms. The van der Waals surface area contributed by atoms with E-state index in [0.717, 1.165) is 11.6 Å². The van der Waals surface area contributed by atoms with Gasteiger partial charge in [-0.05, 0) is 54.5 Å². The van der Waals surface area contributed by atoms with Crippen LogP contribution in [-0.4, -0.2) is 46.9 Å². The highest BCUT2D eigenvalue weighted by Gasteiger charge is 2.27. The maximum absolute atomic E-state index is 12.8. The van der Waals surface area contributed by atoms with Crippen LogP contribution >= 0.6 is 23.4 Å². The molecule has 2 aromatic carbocycles. The van der Waals surface area contributed by atoms with Crippen molar-refractivity contribution in [1.82, 2.24) is 5.32 Å². The first-order valence-corrected chi connectivity index (χ1v) is 13.0. The quantitative estimate of drug-likeness (QED) is 0.250. The molecule has 36 heavy (non-hydrogen) atoms. The third-order valence-corrected chi connectivity index (χ3v) is 6.25. The predicted molar refractivity (Wildman–Crippen MR) is 142 cm³/mol. The van der Waals surface area contributed by atoms with E-state index in [1.54, 1.807) is 12.1 Å². The number of amides is 2. The van der Waals surface area contributed by atoms with Gasteiger partial charge >= 0.3 is 5.97 Å². The summed E-state index contributed by atoms with van der Waals surface area (Å²) in [6.45, 7) is 7.60. The molecule has 194 valence electrons. The van der Waals surface area contributed by atoms with Crippen LogP contribution in [0.5, 0.6) is 0 Å². The molecule has 0 heterocycles. The molecule has 0 spiro atoms. The van der Waals surface area contributed by atoms with Crippen molar-refractivity contribution in [1.29, 1.82) is 0 Å². The number of hydrogen-bond acceptors (Lipinski definition) is 7. The van der Waals surface area contributed by atoms with Crippen LogP contribution in [0, 0.1) is 10.1 Å². The van der Waals surface area contributed by atoms with Crippen LogP contribution in [0.15, 0.2) is 42.5 Å². The Kier molecular flexibility index (Phi) is 10.3. The zero-order chi connectivity index (χ0) is 27.0. The highest BCUT2D eigenvalue weighted by atomic mass is 35.5. The summed E-state index contributed by atoms with van der Waals surface area (Å²) in [6, 6.07) is 9.80. The lowest BCUT2D eigenvalue weighted by Gasteiger charge is -2.21. The molecule has 0 saturated heterocycles. The highest BCUT2D eigenvalue weighted by Crippen LogP contribution is 2.27. The molecule has 0 bridgehead atoms. The minimum Gasteiger partial charge on any atom is -0.451 e. The van der Waals surface area contributed by atoms with Crippen molar-refractivity contribution < 1.29 is 24.0 Å². The molecule has 0 radical (unpaired) electrons. The number of nitrogens with zero attached hydrogens (tertiary/aromatic N) is 1. The van der Waals surface area contributed by atoms with E-state index in [0.29, 0.717) is 17.7 Å². The first kappa shape index (κ1) is 29.1. The lowest BCUT2D eigenvalue weighted by atomic mass is 9.86. The van der Waals surface area contributed by atoms with Crippen LogP contribution < -0.4 is 10.6 Å². The number of nitrogens with one attached hydrogen (secondary N) is 2. The molecule has 2 amide bonds. The summed E-state index contributed by atoms with van der Waals surface area (Å²) in [4.78, 5) is 48.4. The van der Waals surface area contributed by atoms with Gasteiger partial charge in [0.05, 0.1) is 15.6 Å². The molecule has 0 aliphatic heterocycles. The number of halogens is 1. The van der Waals surface area contributed by atoms with E-state index in [2.05, 4.69) is 31.4 Å². The van der Waals surface area contributed by atoms with E-state index in [9.17, 15) is 24.5 Å². The van der Waals surface area contributed by atoms with Crippen LogP contribution in [0.2, 0.25) is 5.02 Å². The summed E-state index contributed by atoms with van der Waals surface area (Å²) < 4.78 is 5.32. The number of non-ortho nitro benzene ring substituents is 1. The van der Waals surface area contributed by atoms with Crippen LogP contribution in [0.3, 0.4) is 0 Å². The van der Waals surface area contributed by atoms with E-state index in [4.69, 9.17) is 16.3 Å². The smallest absolute Gasteiger partial charge is 0.329 e. The van der Waals surface area contributed by atoms with E-state index >= 15 is 0 Å². The predicted octanol–water partition coefficient (Wildman–Crippen LogP) is 4.97. The average Bonchev–Trinajstić information content (AvgIpc) is 2.82. The number of thioether (sulfide) groups is 1. The summed E-state index contributed by atoms with van der Waals surface area (Å²) in [5.41, 5.74) is 1.34. The lowest BCUT2D eigenvalue weighted by molar-refractivity contribution is -0.384. The number of ether oxygens (including phenoxy) is 1. The van der Waals surface area contributed by atoms with Gasteiger partial charge in [0.15, 0.2) is 6.10 Å². The standard InChI is InChI=1S/C25H30ClN3O6S/c1-15(22(30)27-20-11-10-18(29(33)34)14-19(20)26)35-24(32)21(12-13-36-5)28-23(31)16-6-8-17(9-7-16)25(2,3)4/h6-11,14-15,21H,12-13H2,1-5H3,(H,27,30)(H,28,31)/t15-,21+/m1/s1. The van der Waals surface area contributed by atoms with Gasteiger partial charge in [0.25, 0.3) is 17.5 Å². The van der Waals surface area contributed by atoms with Crippen molar-refractivity contribution in [2.24, 2.45) is 0 Å². The van der Waals surface area contributed by atoms with Gasteiger partial charge in [-0.2, -0.15) is 11.8 Å². The number of carbonyl (C=O) groups is 3. The van der Waals surface area contributed by atoms with Gasteiger partial charge in [-0.1, -0.05) is 44.5 Å². The normalized spacial score (nSPS) is 12.8. The maximum Gasteiger partial charge on any atom is 0.329 e. The van der Waals surface area contributed by atoms with E-state index in [1.807, 2.05) is 18.4 Å². The van der Waals surface area contributed by atoms with Crippen molar-refractivity contribution >= 4 is 52.5 Å². The fourth-order valence-corrected chi connectivity index (χ4v) is 3.80. The highest BCUT2D eigenvalue weighted by molar-refractivity contribution is 7.98. The van der Waals surface area contributed by atoms with Crippen LogP contribution in [0.25, 0.3) is 0 Å². The largest absolute Gasteiger partial charge is 0.451 e. The van der Waals surface area contributed by atoms with Gasteiger partial charge in [0.1, 0.15) is 6.04 Å².